The fraction of sp³-hybridized carbons (Fsp3) is 0.278. The number of rotatable bonds is 4. The van der Waals surface area contributed by atoms with E-state index in [1.54, 1.807) is 23.0 Å². The van der Waals surface area contributed by atoms with Crippen molar-refractivity contribution >= 4 is 38.3 Å². The van der Waals surface area contributed by atoms with Crippen molar-refractivity contribution in [2.45, 2.75) is 30.7 Å². The Morgan fingerprint density at radius 1 is 1.35 bits per heavy atom. The first-order chi connectivity index (χ1) is 12.4. The summed E-state index contributed by atoms with van der Waals surface area (Å²) in [5.74, 6) is -0.0285. The van der Waals surface area contributed by atoms with E-state index < -0.39 is 10.8 Å². The normalized spacial score (nSPS) is 15.2. The molecule has 2 heterocycles. The zero-order valence-electron chi connectivity index (χ0n) is 14.3. The number of halogens is 1. The lowest BCUT2D eigenvalue weighted by molar-refractivity contribution is 0.0950. The molecule has 1 aliphatic carbocycles. The van der Waals surface area contributed by atoms with Crippen LogP contribution in [-0.4, -0.2) is 37.0 Å². The predicted molar refractivity (Wildman–Crippen MR) is 104 cm³/mol. The van der Waals surface area contributed by atoms with Gasteiger partial charge >= 0.3 is 0 Å². The van der Waals surface area contributed by atoms with Crippen LogP contribution in [0.4, 0.5) is 0 Å². The standard InChI is InChI=1S/C18H17BrN4O2S/c1-10-7-11(3-6-13(10)18(24)21-12-4-5-12)14-9-20-17-15(26(2)25)8-16(19)22-23(14)17/h3,6-9,12H,4-5H2,1-2H3,(H,21,24). The molecule has 0 bridgehead atoms. The molecule has 0 saturated heterocycles. The zero-order chi connectivity index (χ0) is 18.4. The molecule has 6 nitrogen and oxygen atoms in total. The maximum atomic E-state index is 12.3. The quantitative estimate of drug-likeness (QED) is 0.686. The number of benzene rings is 1. The molecule has 1 aliphatic rings. The SMILES string of the molecule is Cc1cc(-c2cnc3c(S(C)=O)cc(Br)nn23)ccc1C(=O)NC1CC1. The van der Waals surface area contributed by atoms with E-state index in [4.69, 9.17) is 0 Å². The molecule has 4 rings (SSSR count). The van der Waals surface area contributed by atoms with Crippen molar-refractivity contribution in [1.82, 2.24) is 19.9 Å². The Morgan fingerprint density at radius 3 is 2.77 bits per heavy atom. The highest BCUT2D eigenvalue weighted by atomic mass is 79.9. The first kappa shape index (κ1) is 17.4. The minimum absolute atomic E-state index is 0.0285. The van der Waals surface area contributed by atoms with Gasteiger partial charge in [0.05, 0.1) is 27.6 Å². The van der Waals surface area contributed by atoms with E-state index in [9.17, 15) is 9.00 Å². The van der Waals surface area contributed by atoms with Gasteiger partial charge in [-0.15, -0.1) is 0 Å². The molecule has 8 heteroatoms. The summed E-state index contributed by atoms with van der Waals surface area (Å²) >= 11 is 3.37. The Balaban J connectivity index is 1.77. The number of hydrogen-bond acceptors (Lipinski definition) is 4. The van der Waals surface area contributed by atoms with Gasteiger partial charge in [-0.25, -0.2) is 9.50 Å². The Kier molecular flexibility index (Phi) is 4.40. The number of fused-ring (bicyclic) bond motifs is 1. The predicted octanol–water partition coefficient (Wildman–Crippen LogP) is 3.10. The lowest BCUT2D eigenvalue weighted by atomic mass is 10.0. The van der Waals surface area contributed by atoms with Crippen molar-refractivity contribution in [3.63, 3.8) is 0 Å². The molecule has 1 unspecified atom stereocenters. The van der Waals surface area contributed by atoms with E-state index in [0.717, 1.165) is 29.7 Å². The number of hydrogen-bond donors (Lipinski definition) is 1. The highest BCUT2D eigenvalue weighted by Gasteiger charge is 2.24. The highest BCUT2D eigenvalue weighted by Crippen LogP contribution is 2.27. The Hall–Kier alpha value is -2.06. The molecule has 0 aliphatic heterocycles. The second-order valence-corrected chi connectivity index (χ2v) is 8.60. The maximum absolute atomic E-state index is 12.3. The van der Waals surface area contributed by atoms with Crippen molar-refractivity contribution in [2.75, 3.05) is 6.26 Å². The van der Waals surface area contributed by atoms with Crippen LogP contribution in [0.3, 0.4) is 0 Å². The van der Waals surface area contributed by atoms with Crippen LogP contribution in [0.15, 0.2) is 40.0 Å². The van der Waals surface area contributed by atoms with Gasteiger partial charge < -0.3 is 5.32 Å². The Morgan fingerprint density at radius 2 is 2.12 bits per heavy atom. The van der Waals surface area contributed by atoms with Crippen molar-refractivity contribution in [2.24, 2.45) is 0 Å². The van der Waals surface area contributed by atoms with Gasteiger partial charge in [0.25, 0.3) is 5.91 Å². The minimum Gasteiger partial charge on any atom is -0.349 e. The summed E-state index contributed by atoms with van der Waals surface area (Å²) < 4.78 is 14.3. The molecule has 0 spiro atoms. The van der Waals surface area contributed by atoms with Gasteiger partial charge in [-0.3, -0.25) is 9.00 Å². The van der Waals surface area contributed by atoms with Crippen molar-refractivity contribution in [3.8, 4) is 11.3 Å². The molecule has 0 radical (unpaired) electrons. The molecule has 3 aromatic rings. The molecule has 134 valence electrons. The summed E-state index contributed by atoms with van der Waals surface area (Å²) in [5.41, 5.74) is 3.82. The van der Waals surface area contributed by atoms with E-state index in [2.05, 4.69) is 31.3 Å². The van der Waals surface area contributed by atoms with Crippen molar-refractivity contribution < 1.29 is 9.00 Å². The minimum atomic E-state index is -1.18. The lowest BCUT2D eigenvalue weighted by Gasteiger charge is -2.09. The molecular weight excluding hydrogens is 416 g/mol. The van der Waals surface area contributed by atoms with Gasteiger partial charge in [-0.1, -0.05) is 6.07 Å². The average Bonchev–Trinajstić information content (AvgIpc) is 3.30. The van der Waals surface area contributed by atoms with Crippen LogP contribution in [0, 0.1) is 6.92 Å². The molecule has 1 aromatic carbocycles. The Labute approximate surface area is 161 Å². The van der Waals surface area contributed by atoms with Crippen LogP contribution in [0.25, 0.3) is 16.9 Å². The van der Waals surface area contributed by atoms with Crippen LogP contribution >= 0.6 is 15.9 Å². The zero-order valence-corrected chi connectivity index (χ0v) is 16.7. The Bertz CT molecular complexity index is 1060. The lowest BCUT2D eigenvalue weighted by Crippen LogP contribution is -2.26. The number of nitrogens with one attached hydrogen (secondary N) is 1. The molecule has 2 aromatic heterocycles. The number of aryl methyl sites for hydroxylation is 1. The van der Waals surface area contributed by atoms with Crippen LogP contribution in [0.2, 0.25) is 0 Å². The van der Waals surface area contributed by atoms with E-state index in [1.165, 1.54) is 0 Å². The largest absolute Gasteiger partial charge is 0.349 e. The number of nitrogens with zero attached hydrogens (tertiary/aromatic N) is 3. The first-order valence-corrected chi connectivity index (χ1v) is 10.6. The summed E-state index contributed by atoms with van der Waals surface area (Å²) in [5, 5.41) is 7.46. The fourth-order valence-corrected chi connectivity index (χ4v) is 4.10. The average molecular weight is 433 g/mol. The second kappa shape index (κ2) is 6.59. The third-order valence-corrected chi connectivity index (χ3v) is 5.70. The van der Waals surface area contributed by atoms with Gasteiger partial charge in [-0.05, 0) is 59.5 Å². The molecule has 1 atom stereocenters. The fourth-order valence-electron chi connectivity index (χ4n) is 2.89. The van der Waals surface area contributed by atoms with Crippen LogP contribution in [-0.2, 0) is 10.8 Å². The summed E-state index contributed by atoms with van der Waals surface area (Å²) in [4.78, 5) is 17.3. The van der Waals surface area contributed by atoms with E-state index in [-0.39, 0.29) is 5.91 Å². The second-order valence-electron chi connectivity index (χ2n) is 6.44. The van der Waals surface area contributed by atoms with Gasteiger partial charge in [0.15, 0.2) is 5.65 Å². The molecule has 26 heavy (non-hydrogen) atoms. The van der Waals surface area contributed by atoms with E-state index in [0.29, 0.717) is 26.8 Å². The number of carbonyl (C=O) groups is 1. The van der Waals surface area contributed by atoms with Gasteiger partial charge in [0, 0.05) is 23.4 Å². The third kappa shape index (κ3) is 3.19. The smallest absolute Gasteiger partial charge is 0.251 e. The van der Waals surface area contributed by atoms with Crippen LogP contribution in [0.1, 0.15) is 28.8 Å². The van der Waals surface area contributed by atoms with Gasteiger partial charge in [0.1, 0.15) is 4.60 Å². The summed E-state index contributed by atoms with van der Waals surface area (Å²) in [6, 6.07) is 7.73. The molecule has 1 saturated carbocycles. The van der Waals surface area contributed by atoms with E-state index >= 15 is 0 Å². The summed E-state index contributed by atoms with van der Waals surface area (Å²) in [6.07, 6.45) is 5.45. The van der Waals surface area contributed by atoms with Crippen LogP contribution in [0.5, 0.6) is 0 Å². The van der Waals surface area contributed by atoms with Crippen molar-refractivity contribution in [1.29, 1.82) is 0 Å². The highest BCUT2D eigenvalue weighted by molar-refractivity contribution is 9.10. The van der Waals surface area contributed by atoms with Crippen LogP contribution < -0.4 is 5.32 Å². The number of amides is 1. The monoisotopic (exact) mass is 432 g/mol. The topological polar surface area (TPSA) is 76.4 Å². The van der Waals surface area contributed by atoms with Gasteiger partial charge in [0.2, 0.25) is 0 Å². The van der Waals surface area contributed by atoms with Crippen molar-refractivity contribution in [3.05, 3.63) is 46.2 Å². The number of imidazole rings is 1. The molecule has 1 fully saturated rings. The van der Waals surface area contributed by atoms with E-state index in [1.807, 2.05) is 25.1 Å². The maximum Gasteiger partial charge on any atom is 0.251 e. The number of carbonyl (C=O) groups excluding carboxylic acids is 1. The third-order valence-electron chi connectivity index (χ3n) is 4.39. The van der Waals surface area contributed by atoms with Gasteiger partial charge in [-0.2, -0.15) is 5.10 Å². The molecular formula is C18H17BrN4O2S. The molecule has 1 amide bonds. The summed E-state index contributed by atoms with van der Waals surface area (Å²) in [6.45, 7) is 1.92. The number of aromatic nitrogens is 3. The summed E-state index contributed by atoms with van der Waals surface area (Å²) in [7, 11) is -1.18. The first-order valence-electron chi connectivity index (χ1n) is 8.23. The molecule has 1 N–H and O–H groups in total.